The zero-order valence-electron chi connectivity index (χ0n) is 12.3. The van der Waals surface area contributed by atoms with Crippen molar-refractivity contribution in [3.8, 4) is 10.6 Å². The SMILES string of the molecule is CNC(C)c1sc(-c2ccc(C(C)C)cc2)nc1C. The predicted molar refractivity (Wildman–Crippen MR) is 83.9 cm³/mol. The molecule has 2 rings (SSSR count). The Balaban J connectivity index is 2.32. The van der Waals surface area contributed by atoms with Gasteiger partial charge in [-0.05, 0) is 32.4 Å². The maximum atomic E-state index is 4.70. The summed E-state index contributed by atoms with van der Waals surface area (Å²) in [5, 5.41) is 4.40. The van der Waals surface area contributed by atoms with Crippen molar-refractivity contribution in [1.29, 1.82) is 0 Å². The molecule has 2 nitrogen and oxygen atoms in total. The van der Waals surface area contributed by atoms with Crippen molar-refractivity contribution >= 4 is 11.3 Å². The van der Waals surface area contributed by atoms with Crippen LogP contribution in [-0.4, -0.2) is 12.0 Å². The van der Waals surface area contributed by atoms with Crippen LogP contribution < -0.4 is 5.32 Å². The fraction of sp³-hybridized carbons (Fsp3) is 0.438. The van der Waals surface area contributed by atoms with Crippen molar-refractivity contribution in [3.05, 3.63) is 40.4 Å². The first-order valence-corrected chi connectivity index (χ1v) is 7.59. The van der Waals surface area contributed by atoms with Crippen LogP contribution in [0.15, 0.2) is 24.3 Å². The van der Waals surface area contributed by atoms with Crippen molar-refractivity contribution in [2.45, 2.75) is 39.7 Å². The van der Waals surface area contributed by atoms with E-state index < -0.39 is 0 Å². The molecule has 19 heavy (non-hydrogen) atoms. The average molecular weight is 274 g/mol. The number of nitrogens with zero attached hydrogens (tertiary/aromatic N) is 1. The maximum Gasteiger partial charge on any atom is 0.123 e. The lowest BCUT2D eigenvalue weighted by molar-refractivity contribution is 0.658. The molecule has 1 atom stereocenters. The fourth-order valence-electron chi connectivity index (χ4n) is 2.08. The topological polar surface area (TPSA) is 24.9 Å². The molecule has 1 unspecified atom stereocenters. The predicted octanol–water partition coefficient (Wildman–Crippen LogP) is 4.52. The first kappa shape index (κ1) is 14.2. The summed E-state index contributed by atoms with van der Waals surface area (Å²) < 4.78 is 0. The summed E-state index contributed by atoms with van der Waals surface area (Å²) in [4.78, 5) is 6.03. The smallest absolute Gasteiger partial charge is 0.123 e. The van der Waals surface area contributed by atoms with Crippen LogP contribution in [0.4, 0.5) is 0 Å². The quantitative estimate of drug-likeness (QED) is 0.886. The lowest BCUT2D eigenvalue weighted by Gasteiger charge is -2.07. The second-order valence-electron chi connectivity index (χ2n) is 5.26. The van der Waals surface area contributed by atoms with Gasteiger partial charge >= 0.3 is 0 Å². The van der Waals surface area contributed by atoms with Crippen LogP contribution in [0.5, 0.6) is 0 Å². The van der Waals surface area contributed by atoms with E-state index in [4.69, 9.17) is 4.98 Å². The molecule has 0 spiro atoms. The van der Waals surface area contributed by atoms with E-state index in [1.807, 2.05) is 7.05 Å². The molecule has 0 saturated heterocycles. The summed E-state index contributed by atoms with van der Waals surface area (Å²) in [5.41, 5.74) is 3.72. The largest absolute Gasteiger partial charge is 0.312 e. The van der Waals surface area contributed by atoms with Crippen LogP contribution in [-0.2, 0) is 0 Å². The Hall–Kier alpha value is -1.19. The highest BCUT2D eigenvalue weighted by atomic mass is 32.1. The number of hydrogen-bond donors (Lipinski definition) is 1. The zero-order valence-corrected chi connectivity index (χ0v) is 13.1. The first-order chi connectivity index (χ1) is 9.02. The van der Waals surface area contributed by atoms with E-state index in [1.54, 1.807) is 11.3 Å². The van der Waals surface area contributed by atoms with Crippen LogP contribution in [0.25, 0.3) is 10.6 Å². The summed E-state index contributed by atoms with van der Waals surface area (Å²) in [7, 11) is 1.99. The number of aryl methyl sites for hydroxylation is 1. The second-order valence-corrected chi connectivity index (χ2v) is 6.29. The van der Waals surface area contributed by atoms with Gasteiger partial charge in [-0.1, -0.05) is 38.1 Å². The van der Waals surface area contributed by atoms with Gasteiger partial charge in [0.15, 0.2) is 0 Å². The van der Waals surface area contributed by atoms with Gasteiger partial charge < -0.3 is 5.32 Å². The number of aromatic nitrogens is 1. The molecular weight excluding hydrogens is 252 g/mol. The number of thiazole rings is 1. The van der Waals surface area contributed by atoms with Crippen LogP contribution in [0.3, 0.4) is 0 Å². The van der Waals surface area contributed by atoms with Crippen LogP contribution in [0.1, 0.15) is 48.9 Å². The summed E-state index contributed by atoms with van der Waals surface area (Å²) in [6.07, 6.45) is 0. The Kier molecular flexibility index (Phi) is 4.38. The van der Waals surface area contributed by atoms with Crippen molar-refractivity contribution in [3.63, 3.8) is 0 Å². The van der Waals surface area contributed by atoms with Crippen molar-refractivity contribution in [2.75, 3.05) is 7.05 Å². The Labute approximate surface area is 119 Å². The number of benzene rings is 1. The minimum atomic E-state index is 0.362. The molecule has 0 radical (unpaired) electrons. The van der Waals surface area contributed by atoms with Gasteiger partial charge in [0.25, 0.3) is 0 Å². The summed E-state index contributed by atoms with van der Waals surface area (Å²) in [6.45, 7) is 8.70. The molecule has 0 bridgehead atoms. The Morgan fingerprint density at radius 2 is 1.74 bits per heavy atom. The molecule has 2 aromatic rings. The first-order valence-electron chi connectivity index (χ1n) is 6.77. The number of hydrogen-bond acceptors (Lipinski definition) is 3. The van der Waals surface area contributed by atoms with Crippen LogP contribution in [0.2, 0.25) is 0 Å². The molecule has 0 aliphatic carbocycles. The van der Waals surface area contributed by atoms with Crippen molar-refractivity contribution < 1.29 is 0 Å². The number of rotatable bonds is 4. The van der Waals surface area contributed by atoms with Gasteiger partial charge in [-0.25, -0.2) is 4.98 Å². The molecule has 1 aromatic heterocycles. The molecule has 0 aliphatic rings. The van der Waals surface area contributed by atoms with E-state index in [0.717, 1.165) is 10.7 Å². The third-order valence-electron chi connectivity index (χ3n) is 3.48. The van der Waals surface area contributed by atoms with Crippen molar-refractivity contribution in [1.82, 2.24) is 10.3 Å². The molecule has 0 aliphatic heterocycles. The lowest BCUT2D eigenvalue weighted by Crippen LogP contribution is -2.11. The normalized spacial score (nSPS) is 12.9. The van der Waals surface area contributed by atoms with E-state index in [2.05, 4.69) is 57.3 Å². The van der Waals surface area contributed by atoms with E-state index in [9.17, 15) is 0 Å². The number of nitrogens with one attached hydrogen (secondary N) is 1. The van der Waals surface area contributed by atoms with E-state index in [0.29, 0.717) is 12.0 Å². The lowest BCUT2D eigenvalue weighted by atomic mass is 10.0. The average Bonchev–Trinajstić information content (AvgIpc) is 2.80. The molecule has 1 aromatic carbocycles. The summed E-state index contributed by atoms with van der Waals surface area (Å²) >= 11 is 1.79. The van der Waals surface area contributed by atoms with Gasteiger partial charge in [0.2, 0.25) is 0 Å². The third kappa shape index (κ3) is 3.04. The minimum Gasteiger partial charge on any atom is -0.312 e. The molecule has 1 heterocycles. The van der Waals surface area contributed by atoms with Gasteiger partial charge in [-0.3, -0.25) is 0 Å². The molecule has 0 saturated carbocycles. The summed E-state index contributed by atoms with van der Waals surface area (Å²) in [6, 6.07) is 9.14. The van der Waals surface area contributed by atoms with E-state index in [-0.39, 0.29) is 0 Å². The standard InChI is InChI=1S/C16H22N2S/c1-10(2)13-6-8-14(9-7-13)16-18-12(4)15(19-16)11(3)17-5/h6-11,17H,1-5H3. The van der Waals surface area contributed by atoms with Crippen LogP contribution in [0, 0.1) is 6.92 Å². The van der Waals surface area contributed by atoms with Gasteiger partial charge in [0, 0.05) is 16.5 Å². The van der Waals surface area contributed by atoms with E-state index in [1.165, 1.54) is 16.0 Å². The molecular formula is C16H22N2S. The Morgan fingerprint density at radius 3 is 2.26 bits per heavy atom. The maximum absolute atomic E-state index is 4.70. The minimum absolute atomic E-state index is 0.362. The second kappa shape index (κ2) is 5.85. The Morgan fingerprint density at radius 1 is 1.11 bits per heavy atom. The van der Waals surface area contributed by atoms with Crippen molar-refractivity contribution in [2.24, 2.45) is 0 Å². The van der Waals surface area contributed by atoms with Gasteiger partial charge in [-0.2, -0.15) is 0 Å². The zero-order chi connectivity index (χ0) is 14.0. The van der Waals surface area contributed by atoms with Gasteiger partial charge in [0.05, 0.1) is 5.69 Å². The molecule has 0 amide bonds. The fourth-order valence-corrected chi connectivity index (χ4v) is 3.21. The molecule has 1 N–H and O–H groups in total. The van der Waals surface area contributed by atoms with E-state index >= 15 is 0 Å². The highest BCUT2D eigenvalue weighted by Gasteiger charge is 2.13. The summed E-state index contributed by atoms with van der Waals surface area (Å²) in [5.74, 6) is 0.576. The monoisotopic (exact) mass is 274 g/mol. The molecule has 0 fully saturated rings. The van der Waals surface area contributed by atoms with Crippen LogP contribution >= 0.6 is 11.3 Å². The van der Waals surface area contributed by atoms with Gasteiger partial charge in [0.1, 0.15) is 5.01 Å². The third-order valence-corrected chi connectivity index (χ3v) is 4.87. The highest BCUT2D eigenvalue weighted by Crippen LogP contribution is 2.32. The Bertz CT molecular complexity index is 540. The molecule has 102 valence electrons. The van der Waals surface area contributed by atoms with Gasteiger partial charge in [-0.15, -0.1) is 11.3 Å². The molecule has 3 heteroatoms. The highest BCUT2D eigenvalue weighted by molar-refractivity contribution is 7.15.